The molecule has 20 heteroatoms. The molecule has 0 radical (unpaired) electrons. The molecule has 3 amide bonds. The van der Waals surface area contributed by atoms with Crippen LogP contribution in [0.15, 0.2) is 124 Å². The van der Waals surface area contributed by atoms with Gasteiger partial charge < -0.3 is 47.4 Å². The molecular formula is C55H60Cl2N12O6. The molecule has 6 aromatic rings. The third kappa shape index (κ3) is 17.3. The summed E-state index contributed by atoms with van der Waals surface area (Å²) in [5.74, 6) is -0.751. The minimum atomic E-state index is -0.286. The first-order chi connectivity index (χ1) is 36.0. The fourth-order valence-corrected chi connectivity index (χ4v) is 8.33. The number of pyridine rings is 3. The SMILES string of the molecule is Cc1cc(C(=O)Nc2ccc(CC[C@H]3COC(N)=N3)cc2)ncc1Cl.Cc1cc(C)nc(C(=O)Nc2ccc(CC[C@H]3COC(N)=N3)cc2)c1.Cc1cc(Cl)cc(C(=O)Nc2ccc(CC[C@H]3COC(N)=N3)cc2)n1. The summed E-state index contributed by atoms with van der Waals surface area (Å²) in [5.41, 5.74) is 26.6. The van der Waals surface area contributed by atoms with Gasteiger partial charge in [-0.3, -0.25) is 14.4 Å². The summed E-state index contributed by atoms with van der Waals surface area (Å²) in [5, 5.41) is 9.57. The van der Waals surface area contributed by atoms with Gasteiger partial charge in [0.2, 0.25) is 0 Å². The van der Waals surface area contributed by atoms with E-state index in [1.165, 1.54) is 17.3 Å². The highest BCUT2D eigenvalue weighted by Gasteiger charge is 2.19. The van der Waals surface area contributed by atoms with E-state index in [0.29, 0.717) is 58.3 Å². The summed E-state index contributed by atoms with van der Waals surface area (Å²) >= 11 is 11.9. The second kappa shape index (κ2) is 26.2. The van der Waals surface area contributed by atoms with E-state index in [0.717, 1.165) is 72.3 Å². The van der Waals surface area contributed by atoms with E-state index in [2.05, 4.69) is 45.9 Å². The number of nitrogens with two attached hydrogens (primary N) is 3. The third-order valence-corrected chi connectivity index (χ3v) is 12.5. The average molecular weight is 1060 g/mol. The number of amidine groups is 3. The average Bonchev–Trinajstić information content (AvgIpc) is 4.14. The van der Waals surface area contributed by atoms with E-state index in [1.54, 1.807) is 31.2 Å². The Morgan fingerprint density at radius 2 is 0.893 bits per heavy atom. The molecule has 0 bridgehead atoms. The van der Waals surface area contributed by atoms with Gasteiger partial charge in [0.05, 0.1) is 23.1 Å². The summed E-state index contributed by atoms with van der Waals surface area (Å²) in [4.78, 5) is 62.0. The van der Waals surface area contributed by atoms with Crippen molar-refractivity contribution in [3.8, 4) is 0 Å². The molecule has 390 valence electrons. The minimum absolute atomic E-state index is 0.122. The zero-order valence-electron chi connectivity index (χ0n) is 42.1. The Kier molecular flexibility index (Phi) is 19.1. The number of hydrogen-bond acceptors (Lipinski definition) is 15. The van der Waals surface area contributed by atoms with Gasteiger partial charge in [0.25, 0.3) is 35.8 Å². The number of nitrogens with zero attached hydrogens (tertiary/aromatic N) is 6. The number of ether oxygens (including phenoxy) is 3. The number of hydrogen-bond donors (Lipinski definition) is 6. The van der Waals surface area contributed by atoms with Crippen molar-refractivity contribution in [3.05, 3.63) is 176 Å². The summed E-state index contributed by atoms with van der Waals surface area (Å²) in [7, 11) is 0. The molecule has 0 saturated carbocycles. The van der Waals surface area contributed by atoms with Gasteiger partial charge in [-0.2, -0.15) is 0 Å². The molecule has 9 rings (SSSR count). The molecule has 0 saturated heterocycles. The van der Waals surface area contributed by atoms with E-state index in [4.69, 9.17) is 54.6 Å². The fourth-order valence-electron chi connectivity index (χ4n) is 7.97. The van der Waals surface area contributed by atoms with Crippen molar-refractivity contribution in [2.75, 3.05) is 35.8 Å². The number of anilines is 3. The topological polar surface area (TPSA) is 269 Å². The summed E-state index contributed by atoms with van der Waals surface area (Å²) in [6.45, 7) is 9.12. The van der Waals surface area contributed by atoms with Crippen LogP contribution >= 0.6 is 23.2 Å². The van der Waals surface area contributed by atoms with Gasteiger partial charge >= 0.3 is 0 Å². The first-order valence-corrected chi connectivity index (χ1v) is 25.1. The largest absolute Gasteiger partial charge is 0.463 e. The smallest absolute Gasteiger partial charge is 0.282 e. The predicted octanol–water partition coefficient (Wildman–Crippen LogP) is 8.48. The Labute approximate surface area is 445 Å². The van der Waals surface area contributed by atoms with Crippen LogP contribution in [0.5, 0.6) is 0 Å². The van der Waals surface area contributed by atoms with E-state index < -0.39 is 0 Å². The summed E-state index contributed by atoms with van der Waals surface area (Å²) < 4.78 is 15.4. The summed E-state index contributed by atoms with van der Waals surface area (Å²) in [6.07, 6.45) is 6.75. The third-order valence-electron chi connectivity index (χ3n) is 11.9. The van der Waals surface area contributed by atoms with Crippen LogP contribution in [0.2, 0.25) is 10.0 Å². The van der Waals surface area contributed by atoms with Crippen molar-refractivity contribution in [2.45, 2.75) is 84.3 Å². The van der Waals surface area contributed by atoms with Gasteiger partial charge in [-0.1, -0.05) is 59.6 Å². The van der Waals surface area contributed by atoms with E-state index in [-0.39, 0.29) is 53.9 Å². The minimum Gasteiger partial charge on any atom is -0.463 e. The Morgan fingerprint density at radius 3 is 1.24 bits per heavy atom. The van der Waals surface area contributed by atoms with Crippen LogP contribution in [-0.2, 0) is 33.5 Å². The molecule has 0 fully saturated rings. The Morgan fingerprint density at radius 1 is 0.520 bits per heavy atom. The van der Waals surface area contributed by atoms with Crippen LogP contribution < -0.4 is 33.2 Å². The Bertz CT molecular complexity index is 2890. The Balaban J connectivity index is 0.000000164. The number of aryl methyl sites for hydroxylation is 7. The summed E-state index contributed by atoms with van der Waals surface area (Å²) in [6, 6.07) is 33.1. The second-order valence-electron chi connectivity index (χ2n) is 18.2. The van der Waals surface area contributed by atoms with Gasteiger partial charge in [-0.15, -0.1) is 0 Å². The molecule has 0 unspecified atom stereocenters. The zero-order valence-corrected chi connectivity index (χ0v) is 43.6. The fraction of sp³-hybridized carbons (Fsp3) is 0.291. The molecular weight excluding hydrogens is 996 g/mol. The normalized spacial score (nSPS) is 16.2. The van der Waals surface area contributed by atoms with Crippen LogP contribution in [0.3, 0.4) is 0 Å². The lowest BCUT2D eigenvalue weighted by molar-refractivity contribution is 0.101. The number of carbonyl (C=O) groups excluding carboxylic acids is 3. The van der Waals surface area contributed by atoms with Gasteiger partial charge in [-0.25, -0.2) is 29.9 Å². The van der Waals surface area contributed by atoms with Crippen molar-refractivity contribution < 1.29 is 28.6 Å². The van der Waals surface area contributed by atoms with Crippen molar-refractivity contribution >= 4 is 76.1 Å². The van der Waals surface area contributed by atoms with Crippen molar-refractivity contribution in [2.24, 2.45) is 32.2 Å². The van der Waals surface area contributed by atoms with Crippen LogP contribution in [0.25, 0.3) is 0 Å². The highest BCUT2D eigenvalue weighted by Crippen LogP contribution is 2.21. The first-order valence-electron chi connectivity index (χ1n) is 24.3. The molecule has 3 aromatic carbocycles. The van der Waals surface area contributed by atoms with Crippen molar-refractivity contribution in [1.82, 2.24) is 15.0 Å². The number of rotatable bonds is 15. The molecule has 3 aromatic heterocycles. The standard InChI is InChI=1S/C19H22N4O2.2C18H19ClN4O2/c1-12-9-13(2)21-17(10-12)18(24)22-15-6-3-14(4-7-15)5-8-16-11-25-19(20)23-16;1-11-8-13(19)9-16(21-11)17(24)22-14-5-2-12(3-6-14)4-7-15-10-25-18(20)23-15;1-11-8-16(21-9-15(11)19)17(24)22-13-5-2-12(3-6-13)4-7-14-10-25-18(20)23-14/h3-4,6-7,9-10,16H,5,8,11H2,1-2H3,(H2,20,23)(H,22,24);2-3,5-6,8-9,15H,4,7,10H2,1H3,(H2,20,23)(H,22,24);2-3,5-6,8-9,14H,4,7,10H2,1H3,(H2,20,23)(H,22,24)/t16-;15-;14-/m000/s1. The lowest BCUT2D eigenvalue weighted by Crippen LogP contribution is -2.14. The van der Waals surface area contributed by atoms with Gasteiger partial charge in [0.1, 0.15) is 36.9 Å². The second-order valence-corrected chi connectivity index (χ2v) is 19.0. The van der Waals surface area contributed by atoms with Crippen molar-refractivity contribution in [1.29, 1.82) is 0 Å². The zero-order chi connectivity index (χ0) is 53.4. The predicted molar refractivity (Wildman–Crippen MR) is 294 cm³/mol. The maximum absolute atomic E-state index is 12.3. The van der Waals surface area contributed by atoms with E-state index >= 15 is 0 Å². The number of halogens is 2. The molecule has 75 heavy (non-hydrogen) atoms. The van der Waals surface area contributed by atoms with E-state index in [9.17, 15) is 14.4 Å². The van der Waals surface area contributed by atoms with Crippen LogP contribution in [-0.4, -0.2) is 88.7 Å². The molecule has 18 nitrogen and oxygen atoms in total. The highest BCUT2D eigenvalue weighted by molar-refractivity contribution is 6.31. The lowest BCUT2D eigenvalue weighted by atomic mass is 10.1. The molecule has 9 N–H and O–H groups in total. The van der Waals surface area contributed by atoms with Gasteiger partial charge in [0.15, 0.2) is 0 Å². The van der Waals surface area contributed by atoms with E-state index in [1.807, 2.05) is 99.6 Å². The molecule has 0 spiro atoms. The quantitative estimate of drug-likeness (QED) is 0.0565. The number of amides is 3. The van der Waals surface area contributed by atoms with Crippen LogP contribution in [0.4, 0.5) is 17.1 Å². The first kappa shape index (κ1) is 54.7. The highest BCUT2D eigenvalue weighted by atomic mass is 35.5. The molecule has 3 aliphatic rings. The van der Waals surface area contributed by atoms with Crippen LogP contribution in [0.1, 0.15) is 89.9 Å². The lowest BCUT2D eigenvalue weighted by Gasteiger charge is -2.08. The molecule has 0 aliphatic carbocycles. The maximum Gasteiger partial charge on any atom is 0.282 e. The van der Waals surface area contributed by atoms with Gasteiger partial charge in [-0.05, 0) is 161 Å². The monoisotopic (exact) mass is 1050 g/mol. The van der Waals surface area contributed by atoms with Gasteiger partial charge in [0, 0.05) is 39.7 Å². The molecule has 3 atom stereocenters. The van der Waals surface area contributed by atoms with Crippen LogP contribution in [0, 0.1) is 27.7 Å². The Hall–Kier alpha value is -8.09. The number of aliphatic imine (C=N–C) groups is 3. The number of carbonyl (C=O) groups is 3. The van der Waals surface area contributed by atoms with Crippen molar-refractivity contribution in [3.63, 3.8) is 0 Å². The number of nitrogens with one attached hydrogen (secondary N) is 3. The number of aromatic nitrogens is 3. The number of benzene rings is 3. The molecule has 3 aliphatic heterocycles. The molecule has 6 heterocycles. The maximum atomic E-state index is 12.3.